The first-order valence-corrected chi connectivity index (χ1v) is 7.43. The normalized spacial score (nSPS) is 13.4. The number of nitrogens with one attached hydrogen (secondary N) is 1. The molecule has 3 aromatic rings. The van der Waals surface area contributed by atoms with Crippen LogP contribution in [0.1, 0.15) is 17.0 Å². The Kier molecular flexibility index (Phi) is 3.11. The van der Waals surface area contributed by atoms with Gasteiger partial charge in [0.15, 0.2) is 0 Å². The van der Waals surface area contributed by atoms with E-state index in [2.05, 4.69) is 43.0 Å². The van der Waals surface area contributed by atoms with E-state index in [1.165, 1.54) is 16.8 Å². The highest BCUT2D eigenvalue weighted by atomic mass is 15.2. The molecule has 1 aromatic carbocycles. The fourth-order valence-electron chi connectivity index (χ4n) is 3.03. The van der Waals surface area contributed by atoms with Gasteiger partial charge in [-0.1, -0.05) is 12.1 Å². The van der Waals surface area contributed by atoms with E-state index >= 15 is 0 Å². The predicted molar refractivity (Wildman–Crippen MR) is 85.5 cm³/mol. The number of anilines is 1. The van der Waals surface area contributed by atoms with Gasteiger partial charge in [0.1, 0.15) is 6.33 Å². The average molecular weight is 291 g/mol. The summed E-state index contributed by atoms with van der Waals surface area (Å²) in [5, 5.41) is 0. The standard InChI is InChI=1S/C17H17N5/c1-12-16(8-19-10-20-12)14-3-2-13-4-5-22(17(13)6-14)9-15-7-18-11-21-15/h2-3,6-8,10-11H,4-5,9H2,1H3,(H,18,21). The Hall–Kier alpha value is -2.69. The molecule has 5 heteroatoms. The molecule has 5 nitrogen and oxygen atoms in total. The molecule has 0 unspecified atom stereocenters. The lowest BCUT2D eigenvalue weighted by Crippen LogP contribution is -2.19. The zero-order chi connectivity index (χ0) is 14.9. The molecule has 0 aliphatic carbocycles. The topological polar surface area (TPSA) is 57.7 Å². The molecule has 1 N–H and O–H groups in total. The van der Waals surface area contributed by atoms with Crippen molar-refractivity contribution in [2.24, 2.45) is 0 Å². The van der Waals surface area contributed by atoms with Gasteiger partial charge in [-0.2, -0.15) is 0 Å². The van der Waals surface area contributed by atoms with Crippen LogP contribution in [0.25, 0.3) is 11.1 Å². The van der Waals surface area contributed by atoms with E-state index in [-0.39, 0.29) is 0 Å². The third-order valence-corrected chi connectivity index (χ3v) is 4.22. The minimum Gasteiger partial charge on any atom is -0.365 e. The SMILES string of the molecule is Cc1ncncc1-c1ccc2c(c1)N(Cc1cnc[nH]1)CC2. The number of H-pyrrole nitrogens is 1. The Balaban J connectivity index is 1.70. The number of aromatic nitrogens is 4. The van der Waals surface area contributed by atoms with Gasteiger partial charge in [-0.15, -0.1) is 0 Å². The van der Waals surface area contributed by atoms with E-state index in [4.69, 9.17) is 0 Å². The van der Waals surface area contributed by atoms with E-state index in [1.54, 1.807) is 12.7 Å². The van der Waals surface area contributed by atoms with Gasteiger partial charge in [0.25, 0.3) is 0 Å². The summed E-state index contributed by atoms with van der Waals surface area (Å²) in [5.74, 6) is 0. The highest BCUT2D eigenvalue weighted by Crippen LogP contribution is 2.33. The Morgan fingerprint density at radius 3 is 3.00 bits per heavy atom. The smallest absolute Gasteiger partial charge is 0.115 e. The molecule has 0 fully saturated rings. The summed E-state index contributed by atoms with van der Waals surface area (Å²) in [6, 6.07) is 6.65. The first kappa shape index (κ1) is 13.0. The molecule has 0 saturated carbocycles. The molecule has 1 aliphatic heterocycles. The molecule has 1 aliphatic rings. The van der Waals surface area contributed by atoms with E-state index in [1.807, 2.05) is 19.3 Å². The third kappa shape index (κ3) is 2.24. The molecular formula is C17H17N5. The zero-order valence-electron chi connectivity index (χ0n) is 12.5. The number of imidazole rings is 1. The van der Waals surface area contributed by atoms with Crippen LogP contribution in [0.5, 0.6) is 0 Å². The number of rotatable bonds is 3. The van der Waals surface area contributed by atoms with E-state index in [9.17, 15) is 0 Å². The van der Waals surface area contributed by atoms with Gasteiger partial charge in [0, 0.05) is 35.9 Å². The van der Waals surface area contributed by atoms with E-state index in [0.29, 0.717) is 0 Å². The molecule has 0 atom stereocenters. The summed E-state index contributed by atoms with van der Waals surface area (Å²) in [6.07, 6.45) is 8.19. The lowest BCUT2D eigenvalue weighted by molar-refractivity contribution is 0.819. The highest BCUT2D eigenvalue weighted by molar-refractivity contribution is 5.72. The molecule has 22 heavy (non-hydrogen) atoms. The van der Waals surface area contributed by atoms with Gasteiger partial charge in [0.2, 0.25) is 0 Å². The molecule has 0 bridgehead atoms. The minimum atomic E-state index is 0.862. The number of benzene rings is 1. The van der Waals surface area contributed by atoms with Crippen molar-refractivity contribution in [1.29, 1.82) is 0 Å². The first-order chi connectivity index (χ1) is 10.8. The Labute approximate surface area is 129 Å². The van der Waals surface area contributed by atoms with Crippen LogP contribution in [0.4, 0.5) is 5.69 Å². The van der Waals surface area contributed by atoms with Crippen LogP contribution in [0, 0.1) is 6.92 Å². The molecular weight excluding hydrogens is 274 g/mol. The van der Waals surface area contributed by atoms with Crippen molar-refractivity contribution in [3.8, 4) is 11.1 Å². The van der Waals surface area contributed by atoms with Crippen LogP contribution >= 0.6 is 0 Å². The van der Waals surface area contributed by atoms with Crippen molar-refractivity contribution in [2.75, 3.05) is 11.4 Å². The average Bonchev–Trinajstić information content (AvgIpc) is 3.18. The fraction of sp³-hybridized carbons (Fsp3) is 0.235. The summed E-state index contributed by atoms with van der Waals surface area (Å²) in [7, 11) is 0. The maximum Gasteiger partial charge on any atom is 0.115 e. The molecule has 0 radical (unpaired) electrons. The maximum absolute atomic E-state index is 4.29. The van der Waals surface area contributed by atoms with E-state index in [0.717, 1.165) is 36.5 Å². The zero-order valence-corrected chi connectivity index (χ0v) is 12.5. The van der Waals surface area contributed by atoms with Crippen LogP contribution in [0.3, 0.4) is 0 Å². The molecule has 0 saturated heterocycles. The lowest BCUT2D eigenvalue weighted by atomic mass is 10.0. The second-order valence-electron chi connectivity index (χ2n) is 5.61. The van der Waals surface area contributed by atoms with Crippen LogP contribution in [-0.4, -0.2) is 26.5 Å². The highest BCUT2D eigenvalue weighted by Gasteiger charge is 2.20. The number of aryl methyl sites for hydroxylation is 1. The van der Waals surface area contributed by atoms with E-state index < -0.39 is 0 Å². The van der Waals surface area contributed by atoms with Crippen LogP contribution in [-0.2, 0) is 13.0 Å². The number of aromatic amines is 1. The maximum atomic E-state index is 4.29. The first-order valence-electron chi connectivity index (χ1n) is 7.43. The van der Waals surface area contributed by atoms with Crippen molar-refractivity contribution < 1.29 is 0 Å². The second-order valence-corrected chi connectivity index (χ2v) is 5.61. The molecule has 110 valence electrons. The number of fused-ring (bicyclic) bond motifs is 1. The fourth-order valence-corrected chi connectivity index (χ4v) is 3.03. The summed E-state index contributed by atoms with van der Waals surface area (Å²) in [4.78, 5) is 18.1. The van der Waals surface area contributed by atoms with Crippen LogP contribution in [0.2, 0.25) is 0 Å². The van der Waals surface area contributed by atoms with Crippen molar-refractivity contribution in [3.63, 3.8) is 0 Å². The second kappa shape index (κ2) is 5.26. The molecule has 3 heterocycles. The van der Waals surface area contributed by atoms with Crippen LogP contribution < -0.4 is 4.90 Å². The van der Waals surface area contributed by atoms with Gasteiger partial charge >= 0.3 is 0 Å². The Morgan fingerprint density at radius 1 is 1.23 bits per heavy atom. The molecule has 2 aromatic heterocycles. The van der Waals surface area contributed by atoms with Gasteiger partial charge in [-0.25, -0.2) is 15.0 Å². The third-order valence-electron chi connectivity index (χ3n) is 4.22. The van der Waals surface area contributed by atoms with Gasteiger partial charge in [-0.3, -0.25) is 0 Å². The molecule has 4 rings (SSSR count). The number of hydrogen-bond donors (Lipinski definition) is 1. The van der Waals surface area contributed by atoms with Gasteiger partial charge < -0.3 is 9.88 Å². The lowest BCUT2D eigenvalue weighted by Gasteiger charge is -2.19. The summed E-state index contributed by atoms with van der Waals surface area (Å²) in [6.45, 7) is 3.93. The summed E-state index contributed by atoms with van der Waals surface area (Å²) < 4.78 is 0. The monoisotopic (exact) mass is 291 g/mol. The van der Waals surface area contributed by atoms with Crippen molar-refractivity contribution in [1.82, 2.24) is 19.9 Å². The molecule has 0 spiro atoms. The summed E-state index contributed by atoms with van der Waals surface area (Å²) >= 11 is 0. The van der Waals surface area contributed by atoms with Crippen molar-refractivity contribution in [2.45, 2.75) is 19.9 Å². The number of nitrogens with zero attached hydrogens (tertiary/aromatic N) is 4. The van der Waals surface area contributed by atoms with Gasteiger partial charge in [0.05, 0.1) is 18.6 Å². The summed E-state index contributed by atoms with van der Waals surface area (Å²) in [5.41, 5.74) is 7.12. The molecule has 0 amide bonds. The quantitative estimate of drug-likeness (QED) is 0.806. The Bertz CT molecular complexity index is 795. The Morgan fingerprint density at radius 2 is 2.18 bits per heavy atom. The largest absolute Gasteiger partial charge is 0.365 e. The minimum absolute atomic E-state index is 0.862. The van der Waals surface area contributed by atoms with Gasteiger partial charge in [-0.05, 0) is 30.5 Å². The van der Waals surface area contributed by atoms with Crippen LogP contribution in [0.15, 0.2) is 43.2 Å². The number of hydrogen-bond acceptors (Lipinski definition) is 4. The van der Waals surface area contributed by atoms with Crippen molar-refractivity contribution >= 4 is 5.69 Å². The predicted octanol–water partition coefficient (Wildman–Crippen LogP) is 2.74. The van der Waals surface area contributed by atoms with Crippen molar-refractivity contribution in [3.05, 3.63) is 60.2 Å².